The molecule has 0 radical (unpaired) electrons. The van der Waals surface area contributed by atoms with Crippen LogP contribution in [0.15, 0.2) is 29.3 Å². The van der Waals surface area contributed by atoms with Crippen LogP contribution in [-0.4, -0.2) is 38.2 Å². The van der Waals surface area contributed by atoms with E-state index in [1.807, 2.05) is 12.1 Å². The first-order valence-electron chi connectivity index (χ1n) is 8.98. The summed E-state index contributed by atoms with van der Waals surface area (Å²) >= 11 is 0. The molecule has 1 heterocycles. The highest BCUT2D eigenvalue weighted by molar-refractivity contribution is 5.81. The number of fused-ring (bicyclic) bond motifs is 1. The predicted molar refractivity (Wildman–Crippen MR) is 96.8 cm³/mol. The quantitative estimate of drug-likeness (QED) is 0.498. The van der Waals surface area contributed by atoms with Gasteiger partial charge < -0.3 is 20.1 Å². The van der Waals surface area contributed by atoms with E-state index in [2.05, 4.69) is 32.5 Å². The van der Waals surface area contributed by atoms with Gasteiger partial charge in [-0.05, 0) is 31.7 Å². The third-order valence-electron chi connectivity index (χ3n) is 5.10. The number of ether oxygens (including phenoxy) is 2. The van der Waals surface area contributed by atoms with Crippen molar-refractivity contribution >= 4 is 11.9 Å². The van der Waals surface area contributed by atoms with E-state index in [0.29, 0.717) is 18.9 Å². The Morgan fingerprint density at radius 3 is 2.84 bits per heavy atom. The van der Waals surface area contributed by atoms with Gasteiger partial charge in [-0.3, -0.25) is 9.79 Å². The van der Waals surface area contributed by atoms with Crippen LogP contribution in [-0.2, 0) is 9.53 Å². The van der Waals surface area contributed by atoms with E-state index in [1.165, 1.54) is 20.0 Å². The number of esters is 1. The van der Waals surface area contributed by atoms with E-state index in [1.54, 1.807) is 7.05 Å². The maximum atomic E-state index is 11.3. The zero-order valence-electron chi connectivity index (χ0n) is 15.0. The lowest BCUT2D eigenvalue weighted by Gasteiger charge is -2.40. The van der Waals surface area contributed by atoms with Gasteiger partial charge in [-0.15, -0.1) is 0 Å². The van der Waals surface area contributed by atoms with Crippen molar-refractivity contribution in [1.29, 1.82) is 0 Å². The fourth-order valence-corrected chi connectivity index (χ4v) is 3.82. The van der Waals surface area contributed by atoms with Crippen molar-refractivity contribution in [1.82, 2.24) is 10.6 Å². The van der Waals surface area contributed by atoms with Crippen LogP contribution in [0.25, 0.3) is 0 Å². The number of carbonyl (C=O) groups excluding carboxylic acids is 1. The standard InChI is InChI=1S/C19H27N3O3/c1-20-18(21-12-9-17(23)24-2)22-15-13-19(10-5-6-11-19)25-16-8-4-3-7-14(15)16/h3-4,7-8,15H,5-6,9-13H2,1-2H3,(H2,20,21,22). The van der Waals surface area contributed by atoms with Gasteiger partial charge in [-0.25, -0.2) is 0 Å². The smallest absolute Gasteiger partial charge is 0.307 e. The van der Waals surface area contributed by atoms with Gasteiger partial charge in [0.25, 0.3) is 0 Å². The molecule has 1 fully saturated rings. The molecule has 0 bridgehead atoms. The van der Waals surface area contributed by atoms with E-state index in [0.717, 1.165) is 30.6 Å². The summed E-state index contributed by atoms with van der Waals surface area (Å²) in [5.74, 6) is 1.43. The topological polar surface area (TPSA) is 72.0 Å². The fourth-order valence-electron chi connectivity index (χ4n) is 3.82. The Morgan fingerprint density at radius 1 is 1.36 bits per heavy atom. The number of hydrogen-bond donors (Lipinski definition) is 2. The summed E-state index contributed by atoms with van der Waals surface area (Å²) in [6.07, 6.45) is 5.90. The number of hydrogen-bond acceptors (Lipinski definition) is 4. The number of guanidine groups is 1. The Labute approximate surface area is 149 Å². The molecule has 1 aliphatic heterocycles. The Hall–Kier alpha value is -2.24. The molecule has 1 aromatic rings. The first-order chi connectivity index (χ1) is 12.2. The molecule has 2 N–H and O–H groups in total. The third kappa shape index (κ3) is 4.06. The maximum absolute atomic E-state index is 11.3. The van der Waals surface area contributed by atoms with Crippen LogP contribution < -0.4 is 15.4 Å². The van der Waals surface area contributed by atoms with Crippen molar-refractivity contribution in [2.24, 2.45) is 4.99 Å². The molecule has 1 unspecified atom stereocenters. The minimum atomic E-state index is -0.232. The van der Waals surface area contributed by atoms with Crippen LogP contribution in [0.3, 0.4) is 0 Å². The second-order valence-corrected chi connectivity index (χ2v) is 6.76. The first kappa shape index (κ1) is 17.6. The van der Waals surface area contributed by atoms with Gasteiger partial charge in [0, 0.05) is 25.6 Å². The summed E-state index contributed by atoms with van der Waals surface area (Å²) in [5, 5.41) is 6.70. The largest absolute Gasteiger partial charge is 0.487 e. The Morgan fingerprint density at radius 2 is 2.12 bits per heavy atom. The SMILES string of the molecule is CN=C(NCCC(=O)OC)NC1CC2(CCCC2)Oc2ccccc21. The number of nitrogens with one attached hydrogen (secondary N) is 2. The van der Waals surface area contributed by atoms with Crippen LogP contribution in [0.2, 0.25) is 0 Å². The van der Waals surface area contributed by atoms with Crippen LogP contribution >= 0.6 is 0 Å². The summed E-state index contributed by atoms with van der Waals surface area (Å²) in [5.41, 5.74) is 1.10. The van der Waals surface area contributed by atoms with Crippen molar-refractivity contribution in [3.63, 3.8) is 0 Å². The highest BCUT2D eigenvalue weighted by Crippen LogP contribution is 2.46. The molecular formula is C19H27N3O3. The van der Waals surface area contributed by atoms with Gasteiger partial charge in [-0.1, -0.05) is 18.2 Å². The lowest BCUT2D eigenvalue weighted by Crippen LogP contribution is -2.47. The van der Waals surface area contributed by atoms with Crippen LogP contribution in [0, 0.1) is 0 Å². The highest BCUT2D eigenvalue weighted by atomic mass is 16.5. The zero-order valence-corrected chi connectivity index (χ0v) is 15.0. The van der Waals surface area contributed by atoms with Gasteiger partial charge in [0.1, 0.15) is 11.4 Å². The van der Waals surface area contributed by atoms with Gasteiger partial charge in [-0.2, -0.15) is 0 Å². The number of aliphatic imine (C=N–C) groups is 1. The molecule has 2 aliphatic rings. The average molecular weight is 345 g/mol. The first-order valence-corrected chi connectivity index (χ1v) is 8.98. The van der Waals surface area contributed by atoms with E-state index in [4.69, 9.17) is 4.74 Å². The van der Waals surface area contributed by atoms with Crippen molar-refractivity contribution < 1.29 is 14.3 Å². The number of nitrogens with zero attached hydrogens (tertiary/aromatic N) is 1. The molecule has 25 heavy (non-hydrogen) atoms. The Balaban J connectivity index is 1.70. The molecule has 0 amide bonds. The van der Waals surface area contributed by atoms with Crippen LogP contribution in [0.4, 0.5) is 0 Å². The summed E-state index contributed by atoms with van der Waals surface area (Å²) in [6, 6.07) is 8.37. The average Bonchev–Trinajstić information content (AvgIpc) is 3.07. The Kier molecular flexibility index (Phi) is 5.46. The molecule has 1 saturated carbocycles. The summed E-state index contributed by atoms with van der Waals surface area (Å²) < 4.78 is 11.1. The van der Waals surface area contributed by atoms with Crippen molar-refractivity contribution in [3.8, 4) is 5.75 Å². The number of benzene rings is 1. The fraction of sp³-hybridized carbons (Fsp3) is 0.579. The number of rotatable bonds is 4. The predicted octanol–water partition coefficient (Wildman–Crippen LogP) is 2.55. The molecule has 1 spiro atoms. The molecule has 1 aliphatic carbocycles. The third-order valence-corrected chi connectivity index (χ3v) is 5.10. The minimum Gasteiger partial charge on any atom is -0.487 e. The van der Waals surface area contributed by atoms with E-state index in [9.17, 15) is 4.79 Å². The summed E-state index contributed by atoms with van der Waals surface area (Å²) in [6.45, 7) is 0.488. The molecule has 136 valence electrons. The zero-order chi connectivity index (χ0) is 17.7. The Bertz CT molecular complexity index is 639. The highest BCUT2D eigenvalue weighted by Gasteiger charge is 2.43. The summed E-state index contributed by atoms with van der Waals surface area (Å²) in [7, 11) is 3.14. The lowest BCUT2D eigenvalue weighted by molar-refractivity contribution is -0.140. The molecule has 1 aromatic carbocycles. The lowest BCUT2D eigenvalue weighted by atomic mass is 9.86. The maximum Gasteiger partial charge on any atom is 0.307 e. The minimum absolute atomic E-state index is 0.0586. The van der Waals surface area contributed by atoms with E-state index in [-0.39, 0.29) is 17.6 Å². The van der Waals surface area contributed by atoms with Gasteiger partial charge >= 0.3 is 5.97 Å². The molecule has 0 aromatic heterocycles. The van der Waals surface area contributed by atoms with Crippen molar-refractivity contribution in [2.75, 3.05) is 20.7 Å². The van der Waals surface area contributed by atoms with Crippen LogP contribution in [0.5, 0.6) is 5.75 Å². The molecule has 1 atom stereocenters. The van der Waals surface area contributed by atoms with E-state index < -0.39 is 0 Å². The molecule has 6 heteroatoms. The number of carbonyl (C=O) groups is 1. The normalized spacial score (nSPS) is 21.4. The van der Waals surface area contributed by atoms with Crippen LogP contribution in [0.1, 0.15) is 50.1 Å². The second kappa shape index (κ2) is 7.76. The van der Waals surface area contributed by atoms with E-state index >= 15 is 0 Å². The van der Waals surface area contributed by atoms with Crippen molar-refractivity contribution in [2.45, 2.75) is 50.2 Å². The number of methoxy groups -OCH3 is 1. The van der Waals surface area contributed by atoms with Crippen molar-refractivity contribution in [3.05, 3.63) is 29.8 Å². The number of para-hydroxylation sites is 1. The molecule has 0 saturated heterocycles. The van der Waals surface area contributed by atoms with Gasteiger partial charge in [0.2, 0.25) is 0 Å². The molecule has 3 rings (SSSR count). The van der Waals surface area contributed by atoms with Gasteiger partial charge in [0.15, 0.2) is 5.96 Å². The van der Waals surface area contributed by atoms with Gasteiger partial charge in [0.05, 0.1) is 19.6 Å². The summed E-state index contributed by atoms with van der Waals surface area (Å²) in [4.78, 5) is 15.6. The molecular weight excluding hydrogens is 318 g/mol. The molecule has 6 nitrogen and oxygen atoms in total. The second-order valence-electron chi connectivity index (χ2n) is 6.76. The monoisotopic (exact) mass is 345 g/mol.